The molecule has 1 atom stereocenters. The van der Waals surface area contributed by atoms with E-state index in [9.17, 15) is 9.59 Å². The van der Waals surface area contributed by atoms with Crippen LogP contribution >= 0.6 is 0 Å². The van der Waals surface area contributed by atoms with Gasteiger partial charge in [-0.05, 0) is 24.5 Å². The summed E-state index contributed by atoms with van der Waals surface area (Å²) in [5, 5.41) is 4.11. The lowest BCUT2D eigenvalue weighted by Crippen LogP contribution is -2.32. The molecule has 2 amide bonds. The van der Waals surface area contributed by atoms with E-state index in [4.69, 9.17) is 4.84 Å². The van der Waals surface area contributed by atoms with Crippen molar-refractivity contribution in [2.45, 2.75) is 25.8 Å². The molecular formula is C14H18N2O3. The normalized spacial score (nSPS) is 15.6. The molecule has 1 aliphatic heterocycles. The first-order chi connectivity index (χ1) is 9.08. The molecule has 0 fully saturated rings. The number of hydrogen-bond acceptors (Lipinski definition) is 4. The number of nitrogens with zero attached hydrogens (tertiary/aromatic N) is 1. The van der Waals surface area contributed by atoms with Crippen molar-refractivity contribution < 1.29 is 14.4 Å². The Morgan fingerprint density at radius 3 is 2.68 bits per heavy atom. The van der Waals surface area contributed by atoms with Gasteiger partial charge in [-0.2, -0.15) is 5.06 Å². The highest BCUT2D eigenvalue weighted by molar-refractivity contribution is 6.22. The summed E-state index contributed by atoms with van der Waals surface area (Å²) in [4.78, 5) is 28.6. The molecule has 1 aromatic rings. The lowest BCUT2D eigenvalue weighted by atomic mass is 9.96. The minimum atomic E-state index is -0.310. The van der Waals surface area contributed by atoms with E-state index in [-0.39, 0.29) is 17.9 Å². The van der Waals surface area contributed by atoms with Gasteiger partial charge < -0.3 is 4.84 Å². The minimum Gasteiger partial charge on any atom is -0.302 e. The quantitative estimate of drug-likeness (QED) is 0.643. The molecule has 1 unspecified atom stereocenters. The van der Waals surface area contributed by atoms with Crippen LogP contribution in [-0.4, -0.2) is 37.1 Å². The summed E-state index contributed by atoms with van der Waals surface area (Å²) in [5.41, 5.74) is 1.87. The number of benzene rings is 1. The maximum atomic E-state index is 11.8. The van der Waals surface area contributed by atoms with Crippen LogP contribution < -0.4 is 5.32 Å². The van der Waals surface area contributed by atoms with Crippen LogP contribution in [0.25, 0.3) is 0 Å². The van der Waals surface area contributed by atoms with Gasteiger partial charge in [-0.15, -0.1) is 0 Å². The predicted octanol–water partition coefficient (Wildman–Crippen LogP) is 1.38. The number of amides is 2. The van der Waals surface area contributed by atoms with Gasteiger partial charge in [0.05, 0.1) is 18.2 Å². The highest BCUT2D eigenvalue weighted by atomic mass is 16.7. The number of nitrogens with one attached hydrogen (secondary N) is 1. The average Bonchev–Trinajstić information content (AvgIpc) is 2.71. The first-order valence-electron chi connectivity index (χ1n) is 6.33. The SMILES string of the molecule is CCC(Cc1cccc2c1C(=O)NC2=O)N(C)OC. The molecule has 1 N–H and O–H groups in total. The zero-order valence-electron chi connectivity index (χ0n) is 11.4. The Kier molecular flexibility index (Phi) is 3.97. The summed E-state index contributed by atoms with van der Waals surface area (Å²) in [6, 6.07) is 5.55. The van der Waals surface area contributed by atoms with Crippen LogP contribution in [0, 0.1) is 0 Å². The fraction of sp³-hybridized carbons (Fsp3) is 0.429. The van der Waals surface area contributed by atoms with Crippen molar-refractivity contribution in [3.8, 4) is 0 Å². The van der Waals surface area contributed by atoms with E-state index in [0.717, 1.165) is 12.0 Å². The van der Waals surface area contributed by atoms with Crippen LogP contribution in [0.2, 0.25) is 0 Å². The van der Waals surface area contributed by atoms with Crippen molar-refractivity contribution in [3.63, 3.8) is 0 Å². The van der Waals surface area contributed by atoms with Gasteiger partial charge in [0.25, 0.3) is 11.8 Å². The second-order valence-electron chi connectivity index (χ2n) is 4.62. The Morgan fingerprint density at radius 2 is 2.05 bits per heavy atom. The first-order valence-corrected chi connectivity index (χ1v) is 6.33. The summed E-state index contributed by atoms with van der Waals surface area (Å²) in [5.74, 6) is -0.611. The second kappa shape index (κ2) is 5.50. The molecule has 1 heterocycles. The molecule has 102 valence electrons. The van der Waals surface area contributed by atoms with E-state index in [1.165, 1.54) is 0 Å². The van der Waals surface area contributed by atoms with Crippen LogP contribution in [0.4, 0.5) is 0 Å². The summed E-state index contributed by atoms with van der Waals surface area (Å²) in [6.45, 7) is 2.06. The van der Waals surface area contributed by atoms with Crippen molar-refractivity contribution >= 4 is 11.8 Å². The number of hydroxylamine groups is 2. The molecule has 19 heavy (non-hydrogen) atoms. The minimum absolute atomic E-state index is 0.167. The summed E-state index contributed by atoms with van der Waals surface area (Å²) in [6.07, 6.45) is 1.56. The summed E-state index contributed by atoms with van der Waals surface area (Å²) < 4.78 is 0. The highest BCUT2D eigenvalue weighted by Gasteiger charge is 2.30. The van der Waals surface area contributed by atoms with Gasteiger partial charge in [-0.25, -0.2) is 0 Å². The molecule has 0 aliphatic carbocycles. The van der Waals surface area contributed by atoms with E-state index in [1.807, 2.05) is 19.2 Å². The topological polar surface area (TPSA) is 58.6 Å². The Labute approximate surface area is 112 Å². The third-order valence-electron chi connectivity index (χ3n) is 3.58. The predicted molar refractivity (Wildman–Crippen MR) is 70.8 cm³/mol. The maximum absolute atomic E-state index is 11.8. The molecule has 0 spiro atoms. The number of hydrogen-bond donors (Lipinski definition) is 1. The maximum Gasteiger partial charge on any atom is 0.259 e. The third-order valence-corrected chi connectivity index (χ3v) is 3.58. The van der Waals surface area contributed by atoms with Crippen LogP contribution in [0.15, 0.2) is 18.2 Å². The zero-order valence-corrected chi connectivity index (χ0v) is 11.4. The van der Waals surface area contributed by atoms with Gasteiger partial charge in [0.2, 0.25) is 0 Å². The molecule has 0 saturated heterocycles. The van der Waals surface area contributed by atoms with Crippen LogP contribution in [0.3, 0.4) is 0 Å². The molecule has 0 radical (unpaired) electrons. The fourth-order valence-electron chi connectivity index (χ4n) is 2.39. The smallest absolute Gasteiger partial charge is 0.259 e. The lowest BCUT2D eigenvalue weighted by Gasteiger charge is -2.25. The largest absolute Gasteiger partial charge is 0.302 e. The van der Waals surface area contributed by atoms with E-state index < -0.39 is 0 Å². The van der Waals surface area contributed by atoms with Crippen LogP contribution in [-0.2, 0) is 11.3 Å². The zero-order chi connectivity index (χ0) is 14.0. The average molecular weight is 262 g/mol. The highest BCUT2D eigenvalue weighted by Crippen LogP contribution is 2.22. The Bertz CT molecular complexity index is 513. The number of carbonyl (C=O) groups is 2. The molecule has 0 bridgehead atoms. The van der Waals surface area contributed by atoms with Crippen molar-refractivity contribution in [2.24, 2.45) is 0 Å². The standard InChI is InChI=1S/C14H18N2O3/c1-4-10(16(2)19-3)8-9-6-5-7-11-12(9)14(18)15-13(11)17/h5-7,10H,4,8H2,1-3H3,(H,15,17,18). The number of carbonyl (C=O) groups excluding carboxylic acids is 2. The van der Waals surface area contributed by atoms with Crippen LogP contribution in [0.5, 0.6) is 0 Å². The van der Waals surface area contributed by atoms with E-state index >= 15 is 0 Å². The summed E-state index contributed by atoms with van der Waals surface area (Å²) in [7, 11) is 3.48. The Morgan fingerprint density at radius 1 is 1.32 bits per heavy atom. The van der Waals surface area contributed by atoms with Crippen molar-refractivity contribution in [2.75, 3.05) is 14.2 Å². The molecule has 5 nitrogen and oxygen atoms in total. The van der Waals surface area contributed by atoms with Gasteiger partial charge in [0.15, 0.2) is 0 Å². The number of fused-ring (bicyclic) bond motifs is 1. The molecule has 1 aromatic carbocycles. The van der Waals surface area contributed by atoms with E-state index in [2.05, 4.69) is 12.2 Å². The Hall–Kier alpha value is -1.72. The number of rotatable bonds is 5. The van der Waals surface area contributed by atoms with E-state index in [0.29, 0.717) is 17.5 Å². The number of likely N-dealkylation sites (N-methyl/N-ethyl adjacent to an activating group) is 1. The second-order valence-corrected chi connectivity index (χ2v) is 4.62. The van der Waals surface area contributed by atoms with Gasteiger partial charge in [0, 0.05) is 13.1 Å². The van der Waals surface area contributed by atoms with Gasteiger partial charge in [-0.1, -0.05) is 19.1 Å². The molecule has 5 heteroatoms. The number of imide groups is 1. The molecule has 0 aromatic heterocycles. The van der Waals surface area contributed by atoms with E-state index in [1.54, 1.807) is 18.2 Å². The van der Waals surface area contributed by atoms with Crippen LogP contribution in [0.1, 0.15) is 39.6 Å². The lowest BCUT2D eigenvalue weighted by molar-refractivity contribution is -0.141. The van der Waals surface area contributed by atoms with Gasteiger partial charge in [0.1, 0.15) is 0 Å². The first kappa shape index (κ1) is 13.7. The third kappa shape index (κ3) is 2.52. The monoisotopic (exact) mass is 262 g/mol. The molecule has 2 rings (SSSR count). The fourth-order valence-corrected chi connectivity index (χ4v) is 2.39. The molecular weight excluding hydrogens is 244 g/mol. The van der Waals surface area contributed by atoms with Crippen molar-refractivity contribution in [3.05, 3.63) is 34.9 Å². The summed E-state index contributed by atoms with van der Waals surface area (Å²) >= 11 is 0. The van der Waals surface area contributed by atoms with Crippen molar-refractivity contribution in [1.82, 2.24) is 10.4 Å². The van der Waals surface area contributed by atoms with Gasteiger partial charge >= 0.3 is 0 Å². The van der Waals surface area contributed by atoms with Crippen molar-refractivity contribution in [1.29, 1.82) is 0 Å². The van der Waals surface area contributed by atoms with Gasteiger partial charge in [-0.3, -0.25) is 14.9 Å². The Balaban J connectivity index is 2.32. The molecule has 1 aliphatic rings. The molecule has 0 saturated carbocycles.